The van der Waals surface area contributed by atoms with E-state index in [-0.39, 0.29) is 23.7 Å². The second-order valence-corrected chi connectivity index (χ2v) is 7.76. The van der Waals surface area contributed by atoms with E-state index in [4.69, 9.17) is 0 Å². The first kappa shape index (κ1) is 18.5. The second kappa shape index (κ2) is 7.67. The number of benzene rings is 1. The number of aromatic nitrogens is 4. The van der Waals surface area contributed by atoms with E-state index in [1.165, 1.54) is 12.4 Å². The van der Waals surface area contributed by atoms with E-state index in [1.807, 2.05) is 24.3 Å². The minimum atomic E-state index is -0.665. The molecular formula is C19H19BrN6O2. The van der Waals surface area contributed by atoms with Crippen LogP contribution in [0.1, 0.15) is 31.5 Å². The zero-order valence-electron chi connectivity index (χ0n) is 15.1. The van der Waals surface area contributed by atoms with Crippen molar-refractivity contribution in [3.63, 3.8) is 0 Å². The van der Waals surface area contributed by atoms with E-state index in [0.717, 1.165) is 23.3 Å². The summed E-state index contributed by atoms with van der Waals surface area (Å²) in [4.78, 5) is 40.5. The highest BCUT2D eigenvalue weighted by Gasteiger charge is 2.42. The number of rotatable bonds is 6. The Labute approximate surface area is 169 Å². The van der Waals surface area contributed by atoms with Crippen molar-refractivity contribution in [1.82, 2.24) is 25.3 Å². The molecule has 1 aliphatic rings. The standard InChI is InChI=1S/C19H19BrN6O2/c1-10(19(28)26-16-9-21-15(20)8-22-16)23-17(27)7-11-6-12(11)18-24-13-4-2-3-5-14(13)25-18/h2-5,8-12H,6-7H2,1H3,(H,23,27)(H,24,25)(H,22,26,28)/t10-,11-,12-/m0/s1. The first-order chi connectivity index (χ1) is 13.5. The average Bonchev–Trinajstić information content (AvgIpc) is 3.29. The van der Waals surface area contributed by atoms with Crippen LogP contribution in [0.4, 0.5) is 5.82 Å². The van der Waals surface area contributed by atoms with Crippen LogP contribution in [0.5, 0.6) is 0 Å². The van der Waals surface area contributed by atoms with Crippen LogP contribution in [0.2, 0.25) is 0 Å². The molecule has 0 bridgehead atoms. The maximum atomic E-state index is 12.3. The average molecular weight is 443 g/mol. The molecule has 2 heterocycles. The molecule has 2 amide bonds. The molecule has 0 spiro atoms. The molecule has 1 aromatic carbocycles. The summed E-state index contributed by atoms with van der Waals surface area (Å²) in [5.41, 5.74) is 1.95. The van der Waals surface area contributed by atoms with Crippen molar-refractivity contribution < 1.29 is 9.59 Å². The van der Waals surface area contributed by atoms with Crippen LogP contribution >= 0.6 is 15.9 Å². The molecule has 3 atom stereocenters. The number of carbonyl (C=O) groups excluding carboxylic acids is 2. The maximum absolute atomic E-state index is 12.3. The van der Waals surface area contributed by atoms with Crippen molar-refractivity contribution in [1.29, 1.82) is 0 Å². The molecule has 0 saturated heterocycles. The molecule has 1 fully saturated rings. The molecule has 8 nitrogen and oxygen atoms in total. The summed E-state index contributed by atoms with van der Waals surface area (Å²) in [6.07, 6.45) is 4.22. The number of fused-ring (bicyclic) bond motifs is 1. The lowest BCUT2D eigenvalue weighted by Crippen LogP contribution is -2.41. The van der Waals surface area contributed by atoms with E-state index in [9.17, 15) is 9.59 Å². The van der Waals surface area contributed by atoms with Crippen molar-refractivity contribution in [2.24, 2.45) is 5.92 Å². The monoisotopic (exact) mass is 442 g/mol. The first-order valence-electron chi connectivity index (χ1n) is 9.02. The summed E-state index contributed by atoms with van der Waals surface area (Å²) >= 11 is 3.18. The smallest absolute Gasteiger partial charge is 0.247 e. The number of carbonyl (C=O) groups is 2. The van der Waals surface area contributed by atoms with Gasteiger partial charge in [0.1, 0.15) is 16.5 Å². The van der Waals surface area contributed by atoms with Crippen molar-refractivity contribution >= 4 is 44.6 Å². The molecule has 1 aliphatic carbocycles. The summed E-state index contributed by atoms with van der Waals surface area (Å²) in [6, 6.07) is 7.22. The highest BCUT2D eigenvalue weighted by molar-refractivity contribution is 9.10. The number of aromatic amines is 1. The number of nitrogens with zero attached hydrogens (tertiary/aromatic N) is 3. The molecule has 9 heteroatoms. The molecule has 3 N–H and O–H groups in total. The Morgan fingerprint density at radius 2 is 2.11 bits per heavy atom. The lowest BCUT2D eigenvalue weighted by molar-refractivity contribution is -0.126. The van der Waals surface area contributed by atoms with Gasteiger partial charge < -0.3 is 15.6 Å². The minimum Gasteiger partial charge on any atom is -0.345 e. The molecule has 0 unspecified atom stereocenters. The number of hydrogen-bond acceptors (Lipinski definition) is 5. The Hall–Kier alpha value is -2.81. The third-order valence-corrected chi connectivity index (χ3v) is 5.18. The van der Waals surface area contributed by atoms with Crippen molar-refractivity contribution in [2.45, 2.75) is 31.7 Å². The van der Waals surface area contributed by atoms with Crippen LogP contribution in [-0.2, 0) is 9.59 Å². The highest BCUT2D eigenvalue weighted by Crippen LogP contribution is 2.48. The van der Waals surface area contributed by atoms with Gasteiger partial charge in [-0.05, 0) is 47.3 Å². The van der Waals surface area contributed by atoms with Crippen LogP contribution in [0.3, 0.4) is 0 Å². The highest BCUT2D eigenvalue weighted by atomic mass is 79.9. The van der Waals surface area contributed by atoms with E-state index in [1.54, 1.807) is 6.92 Å². The van der Waals surface area contributed by atoms with Gasteiger partial charge >= 0.3 is 0 Å². The Balaban J connectivity index is 1.27. The second-order valence-electron chi connectivity index (χ2n) is 6.95. The molecular weight excluding hydrogens is 424 g/mol. The summed E-state index contributed by atoms with van der Waals surface area (Å²) in [5, 5.41) is 5.37. The van der Waals surface area contributed by atoms with Gasteiger partial charge in [-0.2, -0.15) is 0 Å². The van der Waals surface area contributed by atoms with E-state index in [0.29, 0.717) is 16.8 Å². The van der Waals surface area contributed by atoms with Gasteiger partial charge in [0.05, 0.1) is 23.4 Å². The number of imidazole rings is 1. The fourth-order valence-electron chi connectivity index (χ4n) is 3.17. The number of para-hydroxylation sites is 2. The van der Waals surface area contributed by atoms with Gasteiger partial charge in [-0.1, -0.05) is 12.1 Å². The van der Waals surface area contributed by atoms with Crippen molar-refractivity contribution in [3.05, 3.63) is 47.1 Å². The lowest BCUT2D eigenvalue weighted by atomic mass is 10.2. The predicted octanol–water partition coefficient (Wildman–Crippen LogP) is 2.75. The molecule has 3 aromatic rings. The number of anilines is 1. The fraction of sp³-hybridized carbons (Fsp3) is 0.316. The third-order valence-electron chi connectivity index (χ3n) is 4.77. The molecule has 28 heavy (non-hydrogen) atoms. The summed E-state index contributed by atoms with van der Waals surface area (Å²) < 4.78 is 0.579. The van der Waals surface area contributed by atoms with Crippen molar-refractivity contribution in [3.8, 4) is 0 Å². The normalized spacial score (nSPS) is 19.2. The molecule has 144 valence electrons. The van der Waals surface area contributed by atoms with E-state index < -0.39 is 6.04 Å². The number of amides is 2. The fourth-order valence-corrected chi connectivity index (χ4v) is 3.38. The van der Waals surface area contributed by atoms with Crippen LogP contribution in [0.15, 0.2) is 41.3 Å². The zero-order valence-corrected chi connectivity index (χ0v) is 16.7. The van der Waals surface area contributed by atoms with Gasteiger partial charge in [-0.3, -0.25) is 9.59 Å². The Bertz CT molecular complexity index is 986. The van der Waals surface area contributed by atoms with E-state index in [2.05, 4.69) is 46.5 Å². The summed E-state index contributed by atoms with van der Waals surface area (Å²) in [6.45, 7) is 1.64. The number of nitrogens with one attached hydrogen (secondary N) is 3. The third kappa shape index (κ3) is 4.19. The number of hydrogen-bond donors (Lipinski definition) is 3. The van der Waals surface area contributed by atoms with Gasteiger partial charge in [0.2, 0.25) is 11.8 Å². The van der Waals surface area contributed by atoms with Gasteiger partial charge in [0.15, 0.2) is 5.82 Å². The summed E-state index contributed by atoms with van der Waals surface area (Å²) in [7, 11) is 0. The Morgan fingerprint density at radius 3 is 2.86 bits per heavy atom. The van der Waals surface area contributed by atoms with Crippen molar-refractivity contribution in [2.75, 3.05) is 5.32 Å². The molecule has 1 saturated carbocycles. The molecule has 2 aromatic heterocycles. The number of halogens is 1. The van der Waals surface area contributed by atoms with Crippen LogP contribution < -0.4 is 10.6 Å². The summed E-state index contributed by atoms with van der Waals surface area (Å²) in [5.74, 6) is 1.29. The quantitative estimate of drug-likeness (QED) is 0.543. The Kier molecular flexibility index (Phi) is 5.08. The SMILES string of the molecule is C[C@H](NC(=O)C[C@@H]1C[C@@H]1c1nc2ccccc2[nH]1)C(=O)Nc1cnc(Br)cn1. The molecule has 0 radical (unpaired) electrons. The lowest BCUT2D eigenvalue weighted by Gasteiger charge is -2.13. The van der Waals surface area contributed by atoms with Crippen LogP contribution in [-0.4, -0.2) is 37.8 Å². The minimum absolute atomic E-state index is 0.145. The molecule has 4 rings (SSSR count). The van der Waals surface area contributed by atoms with Crippen LogP contribution in [0, 0.1) is 5.92 Å². The Morgan fingerprint density at radius 1 is 1.29 bits per heavy atom. The van der Waals surface area contributed by atoms with Gasteiger partial charge in [0.25, 0.3) is 0 Å². The largest absolute Gasteiger partial charge is 0.345 e. The maximum Gasteiger partial charge on any atom is 0.247 e. The zero-order chi connectivity index (χ0) is 19.7. The van der Waals surface area contributed by atoms with Gasteiger partial charge in [-0.25, -0.2) is 15.0 Å². The van der Waals surface area contributed by atoms with Gasteiger partial charge in [0, 0.05) is 12.3 Å². The topological polar surface area (TPSA) is 113 Å². The first-order valence-corrected chi connectivity index (χ1v) is 9.81. The van der Waals surface area contributed by atoms with Gasteiger partial charge in [-0.15, -0.1) is 0 Å². The number of H-pyrrole nitrogens is 1. The van der Waals surface area contributed by atoms with Crippen LogP contribution in [0.25, 0.3) is 11.0 Å². The predicted molar refractivity (Wildman–Crippen MR) is 108 cm³/mol. The molecule has 0 aliphatic heterocycles. The van der Waals surface area contributed by atoms with E-state index >= 15 is 0 Å².